The summed E-state index contributed by atoms with van der Waals surface area (Å²) in [5.74, 6) is 0.172. The minimum atomic E-state index is -0.136. The molecule has 1 N–H and O–H groups in total. The summed E-state index contributed by atoms with van der Waals surface area (Å²) in [4.78, 5) is 23.1. The Morgan fingerprint density at radius 2 is 1.95 bits per heavy atom. The first-order chi connectivity index (χ1) is 10.5. The van der Waals surface area contributed by atoms with Crippen LogP contribution in [0, 0.1) is 0 Å². The molecule has 7 heteroatoms. The standard InChI is InChI=1S/C15H18N4O2S/c1-10(2)19-9-16-18-15(19)22-8-14(21)12-4-6-13(7-5-12)17-11(3)20/h4-7,9-10H,8H2,1-3H3,(H,17,20). The van der Waals surface area contributed by atoms with E-state index in [0.717, 1.165) is 5.16 Å². The van der Waals surface area contributed by atoms with Crippen LogP contribution in [0.5, 0.6) is 0 Å². The van der Waals surface area contributed by atoms with E-state index >= 15 is 0 Å². The number of thioether (sulfide) groups is 1. The zero-order chi connectivity index (χ0) is 16.1. The second kappa shape index (κ2) is 7.22. The Kier molecular flexibility index (Phi) is 5.32. The third-order valence-electron chi connectivity index (χ3n) is 2.96. The summed E-state index contributed by atoms with van der Waals surface area (Å²) in [6.07, 6.45) is 1.67. The Labute approximate surface area is 133 Å². The van der Waals surface area contributed by atoms with Gasteiger partial charge in [0.25, 0.3) is 0 Å². The minimum Gasteiger partial charge on any atom is -0.326 e. The van der Waals surface area contributed by atoms with Gasteiger partial charge in [-0.1, -0.05) is 11.8 Å². The average Bonchev–Trinajstić information content (AvgIpc) is 2.93. The number of carbonyl (C=O) groups is 2. The second-order valence-electron chi connectivity index (χ2n) is 5.08. The largest absolute Gasteiger partial charge is 0.326 e. The third kappa shape index (κ3) is 4.17. The Morgan fingerprint density at radius 1 is 1.27 bits per heavy atom. The number of benzene rings is 1. The van der Waals surface area contributed by atoms with Gasteiger partial charge in [0.2, 0.25) is 5.91 Å². The SMILES string of the molecule is CC(=O)Nc1ccc(C(=O)CSc2nncn2C(C)C)cc1. The molecule has 0 fully saturated rings. The maximum Gasteiger partial charge on any atom is 0.221 e. The van der Waals surface area contributed by atoms with E-state index < -0.39 is 0 Å². The fourth-order valence-corrected chi connectivity index (χ4v) is 2.78. The Morgan fingerprint density at radius 3 is 2.55 bits per heavy atom. The summed E-state index contributed by atoms with van der Waals surface area (Å²) in [5, 5.41) is 11.3. The first kappa shape index (κ1) is 16.2. The summed E-state index contributed by atoms with van der Waals surface area (Å²) in [5.41, 5.74) is 1.29. The van der Waals surface area contributed by atoms with Crippen molar-refractivity contribution in [3.05, 3.63) is 36.2 Å². The van der Waals surface area contributed by atoms with Crippen LogP contribution in [-0.4, -0.2) is 32.2 Å². The lowest BCUT2D eigenvalue weighted by Gasteiger charge is -2.09. The predicted octanol–water partition coefficient (Wildman–Crippen LogP) is 2.79. The maximum atomic E-state index is 12.2. The van der Waals surface area contributed by atoms with Gasteiger partial charge in [0.15, 0.2) is 10.9 Å². The van der Waals surface area contributed by atoms with Gasteiger partial charge in [-0.3, -0.25) is 9.59 Å². The van der Waals surface area contributed by atoms with Crippen LogP contribution in [0.2, 0.25) is 0 Å². The highest BCUT2D eigenvalue weighted by atomic mass is 32.2. The predicted molar refractivity (Wildman–Crippen MR) is 86.2 cm³/mol. The number of Topliss-reactive ketones (excluding diaryl/α,β-unsaturated/α-hetero) is 1. The van der Waals surface area contributed by atoms with Crippen LogP contribution in [0.4, 0.5) is 5.69 Å². The molecule has 0 bridgehead atoms. The zero-order valence-electron chi connectivity index (χ0n) is 12.7. The van der Waals surface area contributed by atoms with Gasteiger partial charge in [0.1, 0.15) is 6.33 Å². The van der Waals surface area contributed by atoms with Crippen LogP contribution >= 0.6 is 11.8 Å². The van der Waals surface area contributed by atoms with Crippen molar-refractivity contribution in [2.75, 3.05) is 11.1 Å². The van der Waals surface area contributed by atoms with Gasteiger partial charge >= 0.3 is 0 Å². The molecule has 116 valence electrons. The van der Waals surface area contributed by atoms with Crippen molar-refractivity contribution in [2.24, 2.45) is 0 Å². The quantitative estimate of drug-likeness (QED) is 0.654. The number of amides is 1. The Hall–Kier alpha value is -2.15. The molecular formula is C15H18N4O2S. The van der Waals surface area contributed by atoms with Gasteiger partial charge in [-0.2, -0.15) is 0 Å². The lowest BCUT2D eigenvalue weighted by atomic mass is 10.1. The summed E-state index contributed by atoms with van der Waals surface area (Å²) in [6.45, 7) is 5.52. The molecule has 0 unspecified atom stereocenters. The van der Waals surface area contributed by atoms with Crippen LogP contribution in [0.25, 0.3) is 0 Å². The number of aromatic nitrogens is 3. The summed E-state index contributed by atoms with van der Waals surface area (Å²) < 4.78 is 1.93. The highest BCUT2D eigenvalue weighted by Gasteiger charge is 2.12. The smallest absolute Gasteiger partial charge is 0.221 e. The molecule has 1 heterocycles. The van der Waals surface area contributed by atoms with Gasteiger partial charge in [-0.05, 0) is 38.1 Å². The van der Waals surface area contributed by atoms with Crippen molar-refractivity contribution in [1.82, 2.24) is 14.8 Å². The Bertz CT molecular complexity index is 664. The molecule has 1 aromatic carbocycles. The first-order valence-electron chi connectivity index (χ1n) is 6.90. The molecule has 0 saturated heterocycles. The summed E-state index contributed by atoms with van der Waals surface area (Å²) in [6, 6.07) is 7.11. The van der Waals surface area contributed by atoms with Gasteiger partial charge in [0.05, 0.1) is 5.75 Å². The number of carbonyl (C=O) groups excluding carboxylic acids is 2. The van der Waals surface area contributed by atoms with Crippen LogP contribution in [0.1, 0.15) is 37.2 Å². The van der Waals surface area contributed by atoms with Crippen LogP contribution in [0.15, 0.2) is 35.7 Å². The lowest BCUT2D eigenvalue weighted by Crippen LogP contribution is -2.07. The van der Waals surface area contributed by atoms with Gasteiger partial charge < -0.3 is 9.88 Å². The number of hydrogen-bond acceptors (Lipinski definition) is 5. The minimum absolute atomic E-state index is 0.0117. The van der Waals surface area contributed by atoms with Crippen molar-refractivity contribution in [3.63, 3.8) is 0 Å². The van der Waals surface area contributed by atoms with Crippen LogP contribution in [0.3, 0.4) is 0 Å². The van der Waals surface area contributed by atoms with E-state index in [-0.39, 0.29) is 17.7 Å². The number of ketones is 1. The Balaban J connectivity index is 1.97. The second-order valence-corrected chi connectivity index (χ2v) is 6.03. The molecule has 1 amide bonds. The van der Waals surface area contributed by atoms with Crippen molar-refractivity contribution < 1.29 is 9.59 Å². The molecule has 0 aliphatic rings. The van der Waals surface area contributed by atoms with Crippen molar-refractivity contribution in [3.8, 4) is 0 Å². The molecule has 0 saturated carbocycles. The number of nitrogens with zero attached hydrogens (tertiary/aromatic N) is 3. The lowest BCUT2D eigenvalue weighted by molar-refractivity contribution is -0.114. The number of rotatable bonds is 6. The fourth-order valence-electron chi connectivity index (χ4n) is 1.85. The normalized spacial score (nSPS) is 10.7. The molecule has 0 radical (unpaired) electrons. The molecule has 0 atom stereocenters. The van der Waals surface area contributed by atoms with Crippen molar-refractivity contribution in [1.29, 1.82) is 0 Å². The molecule has 2 rings (SSSR count). The monoisotopic (exact) mass is 318 g/mol. The molecule has 1 aromatic heterocycles. The van der Waals surface area contributed by atoms with Gasteiger partial charge in [-0.25, -0.2) is 0 Å². The molecule has 6 nitrogen and oxygen atoms in total. The zero-order valence-corrected chi connectivity index (χ0v) is 13.6. The highest BCUT2D eigenvalue weighted by molar-refractivity contribution is 7.99. The number of anilines is 1. The molecule has 2 aromatic rings. The fraction of sp³-hybridized carbons (Fsp3) is 0.333. The van der Waals surface area contributed by atoms with Crippen LogP contribution in [-0.2, 0) is 4.79 Å². The van der Waals surface area contributed by atoms with Gasteiger partial charge in [0, 0.05) is 24.2 Å². The molecule has 22 heavy (non-hydrogen) atoms. The van der Waals surface area contributed by atoms with E-state index in [9.17, 15) is 9.59 Å². The van der Waals surface area contributed by atoms with Crippen molar-refractivity contribution in [2.45, 2.75) is 32.0 Å². The van der Waals surface area contributed by atoms with E-state index in [0.29, 0.717) is 17.0 Å². The van der Waals surface area contributed by atoms with E-state index in [1.165, 1.54) is 18.7 Å². The third-order valence-corrected chi connectivity index (χ3v) is 3.91. The number of nitrogens with one attached hydrogen (secondary N) is 1. The summed E-state index contributed by atoms with van der Waals surface area (Å²) >= 11 is 1.37. The topological polar surface area (TPSA) is 76.9 Å². The first-order valence-corrected chi connectivity index (χ1v) is 7.89. The maximum absolute atomic E-state index is 12.2. The highest BCUT2D eigenvalue weighted by Crippen LogP contribution is 2.20. The number of hydrogen-bond donors (Lipinski definition) is 1. The van der Waals surface area contributed by atoms with Crippen molar-refractivity contribution >= 4 is 29.1 Å². The van der Waals surface area contributed by atoms with E-state index in [1.807, 2.05) is 18.4 Å². The van der Waals surface area contributed by atoms with E-state index in [2.05, 4.69) is 15.5 Å². The molecule has 0 spiro atoms. The molecule has 0 aliphatic heterocycles. The summed E-state index contributed by atoms with van der Waals surface area (Å²) in [7, 11) is 0. The van der Waals surface area contributed by atoms with Gasteiger partial charge in [-0.15, -0.1) is 10.2 Å². The van der Waals surface area contributed by atoms with E-state index in [4.69, 9.17) is 0 Å². The molecular weight excluding hydrogens is 300 g/mol. The van der Waals surface area contributed by atoms with E-state index in [1.54, 1.807) is 30.6 Å². The molecule has 0 aliphatic carbocycles. The average molecular weight is 318 g/mol. The van der Waals surface area contributed by atoms with Crippen LogP contribution < -0.4 is 5.32 Å².